The number of β-amino-alcohol motifs (C(OH)–C–C–N with tert-alkyl or cyclic N) is 2. The Morgan fingerprint density at radius 1 is 0.711 bits per heavy atom. The molecule has 206 valence electrons. The van der Waals surface area contributed by atoms with Crippen molar-refractivity contribution in [1.82, 2.24) is 9.80 Å². The lowest BCUT2D eigenvalue weighted by Gasteiger charge is -2.28. The van der Waals surface area contributed by atoms with E-state index in [1.807, 2.05) is 42.5 Å². The lowest BCUT2D eigenvalue weighted by atomic mass is 10.0. The molecule has 0 spiro atoms. The zero-order valence-electron chi connectivity index (χ0n) is 22.4. The van der Waals surface area contributed by atoms with Gasteiger partial charge in [-0.2, -0.15) is 0 Å². The van der Waals surface area contributed by atoms with E-state index >= 15 is 0 Å². The highest BCUT2D eigenvalue weighted by Gasteiger charge is 2.18. The lowest BCUT2D eigenvalue weighted by Crippen LogP contribution is -2.38. The summed E-state index contributed by atoms with van der Waals surface area (Å²) in [6, 6.07) is 13.8. The summed E-state index contributed by atoms with van der Waals surface area (Å²) >= 11 is 0. The van der Waals surface area contributed by atoms with Crippen molar-refractivity contribution in [2.45, 2.75) is 50.7 Å². The van der Waals surface area contributed by atoms with Crippen molar-refractivity contribution in [3.63, 3.8) is 0 Å². The van der Waals surface area contributed by atoms with E-state index in [1.54, 1.807) is 0 Å². The molecule has 7 heteroatoms. The van der Waals surface area contributed by atoms with Gasteiger partial charge in [-0.1, -0.05) is 25.0 Å². The van der Waals surface area contributed by atoms with Crippen LogP contribution in [0, 0.1) is 0 Å². The van der Waals surface area contributed by atoms with Crippen LogP contribution in [0.3, 0.4) is 0 Å². The predicted molar refractivity (Wildman–Crippen MR) is 150 cm³/mol. The fourth-order valence-electron chi connectivity index (χ4n) is 5.54. The van der Waals surface area contributed by atoms with E-state index < -0.39 is 12.2 Å². The number of likely N-dealkylation sites (tertiary alicyclic amines) is 2. The van der Waals surface area contributed by atoms with Crippen LogP contribution in [0.5, 0.6) is 17.2 Å². The quantitative estimate of drug-likeness (QED) is 0.461. The maximum Gasteiger partial charge on any atom is 0.130 e. The average molecular weight is 523 g/mol. The molecule has 2 aromatic carbocycles. The second kappa shape index (κ2) is 13.5. The summed E-state index contributed by atoms with van der Waals surface area (Å²) in [6.45, 7) is 6.67. The Labute approximate surface area is 226 Å². The third-order valence-corrected chi connectivity index (χ3v) is 7.64. The van der Waals surface area contributed by atoms with Crippen LogP contribution in [0.4, 0.5) is 0 Å². The summed E-state index contributed by atoms with van der Waals surface area (Å²) in [5.41, 5.74) is 3.19. The number of ether oxygens (including phenoxy) is 3. The molecule has 2 unspecified atom stereocenters. The molecule has 2 saturated heterocycles. The number of nitrogens with zero attached hydrogens (tertiary/aromatic N) is 2. The van der Waals surface area contributed by atoms with Crippen LogP contribution in [-0.4, -0.2) is 91.3 Å². The molecule has 38 heavy (non-hydrogen) atoms. The number of aliphatic hydroxyl groups excluding tert-OH is 2. The van der Waals surface area contributed by atoms with Crippen LogP contribution < -0.4 is 14.2 Å². The zero-order chi connectivity index (χ0) is 26.2. The molecular formula is C31H42N2O5. The largest absolute Gasteiger partial charge is 0.491 e. The molecule has 5 rings (SSSR count). The number of benzene rings is 2. The van der Waals surface area contributed by atoms with E-state index in [0.717, 1.165) is 54.4 Å². The average Bonchev–Trinajstić information content (AvgIpc) is 2.96. The summed E-state index contributed by atoms with van der Waals surface area (Å²) in [4.78, 5) is 4.64. The summed E-state index contributed by atoms with van der Waals surface area (Å²) in [7, 11) is 0. The van der Waals surface area contributed by atoms with Gasteiger partial charge in [0.1, 0.15) is 49.3 Å². The number of hydrogen-bond acceptors (Lipinski definition) is 7. The van der Waals surface area contributed by atoms with Gasteiger partial charge < -0.3 is 34.2 Å². The Morgan fingerprint density at radius 3 is 1.87 bits per heavy atom. The molecule has 7 nitrogen and oxygen atoms in total. The zero-order valence-corrected chi connectivity index (χ0v) is 22.4. The molecule has 0 aliphatic carbocycles. The van der Waals surface area contributed by atoms with Crippen LogP contribution in [0.2, 0.25) is 0 Å². The topological polar surface area (TPSA) is 74.6 Å². The minimum atomic E-state index is -0.499. The third-order valence-electron chi connectivity index (χ3n) is 7.64. The fraction of sp³-hybridized carbons (Fsp3) is 0.548. The monoisotopic (exact) mass is 522 g/mol. The number of piperidine rings is 2. The molecule has 3 aliphatic rings. The molecule has 0 aromatic heterocycles. The van der Waals surface area contributed by atoms with Gasteiger partial charge in [0.15, 0.2) is 0 Å². The van der Waals surface area contributed by atoms with Gasteiger partial charge >= 0.3 is 0 Å². The SMILES string of the molecule is OC(COc1ccc(C2=Cc3ccc(OCC(O)CN4CCCCC4)cc3OC2)cc1)CN1CCCCC1. The highest BCUT2D eigenvalue weighted by atomic mass is 16.5. The van der Waals surface area contributed by atoms with E-state index in [9.17, 15) is 10.2 Å². The molecule has 0 bridgehead atoms. The predicted octanol–water partition coefficient (Wildman–Crippen LogP) is 4.07. The first kappa shape index (κ1) is 27.0. The Morgan fingerprint density at radius 2 is 1.26 bits per heavy atom. The normalized spacial score (nSPS) is 20.1. The van der Waals surface area contributed by atoms with Crippen LogP contribution >= 0.6 is 0 Å². The molecular weight excluding hydrogens is 480 g/mol. The van der Waals surface area contributed by atoms with Crippen molar-refractivity contribution in [1.29, 1.82) is 0 Å². The number of aliphatic hydroxyl groups is 2. The summed E-state index contributed by atoms with van der Waals surface area (Å²) in [5.74, 6) is 2.26. The van der Waals surface area contributed by atoms with Gasteiger partial charge in [0.2, 0.25) is 0 Å². The number of rotatable bonds is 11. The Kier molecular flexibility index (Phi) is 9.57. The van der Waals surface area contributed by atoms with Gasteiger partial charge in [-0.05, 0) is 93.3 Å². The molecule has 2 fully saturated rings. The molecule has 0 radical (unpaired) electrons. The Balaban J connectivity index is 1.10. The van der Waals surface area contributed by atoms with Gasteiger partial charge in [0.25, 0.3) is 0 Å². The van der Waals surface area contributed by atoms with Crippen molar-refractivity contribution >= 4 is 11.6 Å². The van der Waals surface area contributed by atoms with Gasteiger partial charge in [0, 0.05) is 24.7 Å². The first-order valence-corrected chi connectivity index (χ1v) is 14.3. The lowest BCUT2D eigenvalue weighted by molar-refractivity contribution is 0.0616. The smallest absolute Gasteiger partial charge is 0.130 e. The summed E-state index contributed by atoms with van der Waals surface area (Å²) in [6.07, 6.45) is 8.62. The molecule has 0 saturated carbocycles. The van der Waals surface area contributed by atoms with Crippen molar-refractivity contribution in [2.75, 3.05) is 59.1 Å². The first-order valence-electron chi connectivity index (χ1n) is 14.3. The second-order valence-corrected chi connectivity index (χ2v) is 10.8. The van der Waals surface area contributed by atoms with E-state index in [-0.39, 0.29) is 6.61 Å². The number of hydrogen-bond donors (Lipinski definition) is 2. The van der Waals surface area contributed by atoms with Crippen molar-refractivity contribution in [3.05, 3.63) is 53.6 Å². The summed E-state index contributed by atoms with van der Waals surface area (Å²) < 4.78 is 17.8. The number of fused-ring (bicyclic) bond motifs is 1. The second-order valence-electron chi connectivity index (χ2n) is 10.8. The van der Waals surface area contributed by atoms with E-state index in [0.29, 0.717) is 32.1 Å². The van der Waals surface area contributed by atoms with Crippen LogP contribution in [-0.2, 0) is 0 Å². The van der Waals surface area contributed by atoms with Gasteiger partial charge in [0.05, 0.1) is 0 Å². The minimum Gasteiger partial charge on any atom is -0.491 e. The Bertz CT molecular complexity index is 1040. The molecule has 2 N–H and O–H groups in total. The maximum atomic E-state index is 10.4. The van der Waals surface area contributed by atoms with E-state index in [2.05, 4.69) is 15.9 Å². The first-order chi connectivity index (χ1) is 18.6. The maximum absolute atomic E-state index is 10.4. The van der Waals surface area contributed by atoms with Crippen LogP contribution in [0.25, 0.3) is 11.6 Å². The van der Waals surface area contributed by atoms with Gasteiger partial charge in [-0.15, -0.1) is 0 Å². The Hall–Kier alpha value is -2.58. The van der Waals surface area contributed by atoms with Crippen LogP contribution in [0.15, 0.2) is 42.5 Å². The van der Waals surface area contributed by atoms with Gasteiger partial charge in [-0.3, -0.25) is 0 Å². The highest BCUT2D eigenvalue weighted by molar-refractivity contribution is 5.85. The van der Waals surface area contributed by atoms with Crippen LogP contribution in [0.1, 0.15) is 49.7 Å². The molecule has 0 amide bonds. The van der Waals surface area contributed by atoms with E-state index in [4.69, 9.17) is 14.2 Å². The highest BCUT2D eigenvalue weighted by Crippen LogP contribution is 2.34. The molecule has 2 aromatic rings. The van der Waals surface area contributed by atoms with Crippen molar-refractivity contribution < 1.29 is 24.4 Å². The van der Waals surface area contributed by atoms with E-state index in [1.165, 1.54) is 38.5 Å². The molecule has 2 atom stereocenters. The fourth-order valence-corrected chi connectivity index (χ4v) is 5.54. The molecule has 3 aliphatic heterocycles. The minimum absolute atomic E-state index is 0.278. The van der Waals surface area contributed by atoms with Crippen molar-refractivity contribution in [2.24, 2.45) is 0 Å². The molecule has 3 heterocycles. The standard InChI is InChI=1S/C31H42N2O5/c34-27(19-32-13-3-1-4-14-32)22-36-29-10-7-24(8-11-29)26-17-25-9-12-30(18-31(25)38-21-26)37-23-28(35)20-33-15-5-2-6-16-33/h7-12,17-18,27-28,34-35H,1-6,13-16,19-23H2. The van der Waals surface area contributed by atoms with Gasteiger partial charge in [-0.25, -0.2) is 0 Å². The van der Waals surface area contributed by atoms with Crippen molar-refractivity contribution in [3.8, 4) is 17.2 Å². The summed E-state index contributed by atoms with van der Waals surface area (Å²) in [5, 5.41) is 20.7. The third kappa shape index (κ3) is 7.73.